The van der Waals surface area contributed by atoms with Crippen LogP contribution >= 0.6 is 29.4 Å². The summed E-state index contributed by atoms with van der Waals surface area (Å²) in [5, 5.41) is 0. The molecule has 0 aromatic carbocycles. The molecule has 0 saturated heterocycles. The second kappa shape index (κ2) is 15.2. The maximum Gasteiger partial charge on any atom is 0.469 e. The number of phosphoric acid groups is 1. The highest BCUT2D eigenvalue weighted by Crippen LogP contribution is 2.36. The fourth-order valence-corrected chi connectivity index (χ4v) is 3.96. The molecule has 4 N–H and O–H groups in total. The molecular weight excluding hydrogens is 349 g/mol. The third-order valence-electron chi connectivity index (χ3n) is 2.61. The van der Waals surface area contributed by atoms with E-state index < -0.39 is 7.82 Å². The van der Waals surface area contributed by atoms with Gasteiger partial charge in [0.25, 0.3) is 0 Å². The average molecular weight is 377 g/mol. The first-order chi connectivity index (χ1) is 10.5. The predicted molar refractivity (Wildman–Crippen MR) is 92.0 cm³/mol. The molecule has 10 heteroatoms. The molecule has 0 aliphatic carbocycles. The Morgan fingerprint density at radius 2 is 1.86 bits per heavy atom. The maximum absolute atomic E-state index is 10.7. The molecule has 0 amide bonds. The number of methoxy groups -OCH3 is 1. The van der Waals surface area contributed by atoms with Crippen molar-refractivity contribution >= 4 is 29.4 Å². The quantitative estimate of drug-likeness (QED) is 0.211. The Bertz CT molecular complexity index is 295. The average Bonchev–Trinajstić information content (AvgIpc) is 2.45. The molecule has 0 heterocycles. The first-order valence-electron chi connectivity index (χ1n) is 7.21. The van der Waals surface area contributed by atoms with E-state index in [1.165, 1.54) is 0 Å². The highest BCUT2D eigenvalue weighted by molar-refractivity contribution is 8.76. The molecule has 0 fully saturated rings. The van der Waals surface area contributed by atoms with Crippen molar-refractivity contribution < 1.29 is 28.3 Å². The van der Waals surface area contributed by atoms with Gasteiger partial charge in [0.15, 0.2) is 0 Å². The monoisotopic (exact) mass is 377 g/mol. The molecule has 0 rings (SSSR count). The fraction of sp³-hybridized carbons (Fsp3) is 1.00. The topological polar surface area (TPSA) is 111 Å². The Labute approximate surface area is 140 Å². The highest BCUT2D eigenvalue weighted by Gasteiger charge is 2.18. The van der Waals surface area contributed by atoms with E-state index in [2.05, 4.69) is 4.52 Å². The Morgan fingerprint density at radius 3 is 2.50 bits per heavy atom. The first kappa shape index (κ1) is 22.7. The zero-order valence-corrected chi connectivity index (χ0v) is 15.5. The van der Waals surface area contributed by atoms with Gasteiger partial charge in [0.1, 0.15) is 0 Å². The fourth-order valence-electron chi connectivity index (χ4n) is 1.58. The Morgan fingerprint density at radius 1 is 1.14 bits per heavy atom. The lowest BCUT2D eigenvalue weighted by molar-refractivity contribution is 0.0853. The number of rotatable bonds is 16. The van der Waals surface area contributed by atoms with Crippen molar-refractivity contribution in [3.05, 3.63) is 0 Å². The number of hydrogen-bond donors (Lipinski definition) is 3. The van der Waals surface area contributed by atoms with Crippen molar-refractivity contribution in [2.24, 2.45) is 11.7 Å². The van der Waals surface area contributed by atoms with Crippen LogP contribution in [0.15, 0.2) is 0 Å². The van der Waals surface area contributed by atoms with Gasteiger partial charge in [0.2, 0.25) is 0 Å². The summed E-state index contributed by atoms with van der Waals surface area (Å²) in [5.74, 6) is 1.97. The van der Waals surface area contributed by atoms with Gasteiger partial charge in [-0.2, -0.15) is 0 Å². The summed E-state index contributed by atoms with van der Waals surface area (Å²) in [5.41, 5.74) is 5.41. The molecular formula is C12H28NO6PS2. The Kier molecular flexibility index (Phi) is 15.7. The van der Waals surface area contributed by atoms with E-state index in [4.69, 9.17) is 25.0 Å². The van der Waals surface area contributed by atoms with Gasteiger partial charge in [0, 0.05) is 31.1 Å². The van der Waals surface area contributed by atoms with Gasteiger partial charge in [-0.05, 0) is 25.8 Å². The van der Waals surface area contributed by atoms with Crippen LogP contribution in [0.25, 0.3) is 0 Å². The van der Waals surface area contributed by atoms with Crippen LogP contribution in [0, 0.1) is 5.92 Å². The van der Waals surface area contributed by atoms with Crippen LogP contribution in [0.4, 0.5) is 0 Å². The van der Waals surface area contributed by atoms with E-state index in [1.807, 2.05) is 10.8 Å². The smallest absolute Gasteiger partial charge is 0.384 e. The molecule has 1 atom stereocenters. The van der Waals surface area contributed by atoms with Crippen molar-refractivity contribution in [1.29, 1.82) is 0 Å². The lowest BCUT2D eigenvalue weighted by atomic mass is 10.1. The molecule has 0 saturated carbocycles. The molecule has 22 heavy (non-hydrogen) atoms. The van der Waals surface area contributed by atoms with E-state index in [-0.39, 0.29) is 12.5 Å². The minimum atomic E-state index is -4.41. The van der Waals surface area contributed by atoms with Crippen molar-refractivity contribution in [1.82, 2.24) is 0 Å². The van der Waals surface area contributed by atoms with Gasteiger partial charge >= 0.3 is 7.82 Å². The lowest BCUT2D eigenvalue weighted by Crippen LogP contribution is -2.15. The second-order valence-corrected chi connectivity index (χ2v) is 8.59. The molecule has 1 unspecified atom stereocenters. The van der Waals surface area contributed by atoms with Crippen LogP contribution in [0.5, 0.6) is 0 Å². The maximum atomic E-state index is 10.7. The summed E-state index contributed by atoms with van der Waals surface area (Å²) in [6.07, 6.45) is 2.59. The summed E-state index contributed by atoms with van der Waals surface area (Å²) in [6.45, 7) is 2.47. The van der Waals surface area contributed by atoms with Gasteiger partial charge in [-0.25, -0.2) is 4.57 Å². The van der Waals surface area contributed by atoms with Crippen LogP contribution in [0.2, 0.25) is 0 Å². The van der Waals surface area contributed by atoms with Crippen LogP contribution in [0.3, 0.4) is 0 Å². The number of nitrogens with two attached hydrogens (primary N) is 1. The zero-order valence-electron chi connectivity index (χ0n) is 13.0. The van der Waals surface area contributed by atoms with Crippen LogP contribution < -0.4 is 5.73 Å². The van der Waals surface area contributed by atoms with Crippen molar-refractivity contribution in [3.63, 3.8) is 0 Å². The van der Waals surface area contributed by atoms with Crippen molar-refractivity contribution in [3.8, 4) is 0 Å². The first-order valence-corrected chi connectivity index (χ1v) is 11.2. The molecule has 7 nitrogen and oxygen atoms in total. The summed E-state index contributed by atoms with van der Waals surface area (Å²) in [7, 11) is 0.745. The van der Waals surface area contributed by atoms with Gasteiger partial charge in [0.05, 0.1) is 19.8 Å². The largest absolute Gasteiger partial charge is 0.469 e. The third kappa shape index (κ3) is 17.1. The van der Waals surface area contributed by atoms with Crippen molar-refractivity contribution in [2.75, 3.05) is 51.6 Å². The van der Waals surface area contributed by atoms with E-state index in [1.54, 1.807) is 17.9 Å². The second-order valence-electron chi connectivity index (χ2n) is 4.65. The molecule has 0 radical (unpaired) electrons. The minimum absolute atomic E-state index is 0.00818. The molecule has 0 aromatic heterocycles. The molecule has 0 aliphatic rings. The molecule has 0 aromatic rings. The predicted octanol–water partition coefficient (Wildman–Crippen LogP) is 1.89. The minimum Gasteiger partial charge on any atom is -0.384 e. The highest BCUT2D eigenvalue weighted by atomic mass is 33.1. The standard InChI is InChI=1S/C12H28NO6PS2/c1-17-10-12(11-19-20(14,15)16)4-2-6-18-7-9-22-21-8-3-5-13/h12H,2-11,13H2,1H3,(H2,14,15,16). The lowest BCUT2D eigenvalue weighted by Gasteiger charge is -2.16. The third-order valence-corrected chi connectivity index (χ3v) is 5.55. The van der Waals surface area contributed by atoms with E-state index >= 15 is 0 Å². The van der Waals surface area contributed by atoms with Gasteiger partial charge in [-0.15, -0.1) is 0 Å². The Hall–Kier alpha value is 0.690. The summed E-state index contributed by atoms with van der Waals surface area (Å²) >= 11 is 0. The van der Waals surface area contributed by atoms with Crippen LogP contribution in [0.1, 0.15) is 19.3 Å². The summed E-state index contributed by atoms with van der Waals surface area (Å²) in [4.78, 5) is 17.4. The van der Waals surface area contributed by atoms with Crippen LogP contribution in [-0.2, 0) is 18.6 Å². The molecule has 0 bridgehead atoms. The Balaban J connectivity index is 3.50. The van der Waals surface area contributed by atoms with Gasteiger partial charge in [-0.3, -0.25) is 4.52 Å². The van der Waals surface area contributed by atoms with Crippen LogP contribution in [-0.4, -0.2) is 61.4 Å². The van der Waals surface area contributed by atoms with Gasteiger partial charge < -0.3 is 25.0 Å². The molecule has 134 valence electrons. The van der Waals surface area contributed by atoms with Gasteiger partial charge in [-0.1, -0.05) is 21.6 Å². The van der Waals surface area contributed by atoms with E-state index in [0.29, 0.717) is 19.8 Å². The SMILES string of the molecule is COCC(CCCOCCSSCCCN)COP(=O)(O)O. The van der Waals surface area contributed by atoms with E-state index in [9.17, 15) is 4.57 Å². The summed E-state index contributed by atoms with van der Waals surface area (Å²) < 4.78 is 25.7. The zero-order chi connectivity index (χ0) is 16.7. The number of hydrogen-bond acceptors (Lipinski definition) is 7. The normalized spacial score (nSPS) is 13.5. The number of phosphoric ester groups is 1. The van der Waals surface area contributed by atoms with Crippen molar-refractivity contribution in [2.45, 2.75) is 19.3 Å². The molecule has 0 spiro atoms. The summed E-state index contributed by atoms with van der Waals surface area (Å²) in [6, 6.07) is 0. The number of ether oxygens (including phenoxy) is 2. The van der Waals surface area contributed by atoms with E-state index in [0.717, 1.165) is 37.3 Å². The molecule has 0 aliphatic heterocycles.